The fourth-order valence-electron chi connectivity index (χ4n) is 2.57. The summed E-state index contributed by atoms with van der Waals surface area (Å²) >= 11 is 0. The van der Waals surface area contributed by atoms with Gasteiger partial charge in [-0.1, -0.05) is 0 Å². The van der Waals surface area contributed by atoms with Gasteiger partial charge in [0, 0.05) is 19.1 Å². The summed E-state index contributed by atoms with van der Waals surface area (Å²) in [5.41, 5.74) is -0.372. The molecule has 1 heterocycles. The largest absolute Gasteiger partial charge is 0.481 e. The monoisotopic (exact) mass is 286 g/mol. The third-order valence-corrected chi connectivity index (χ3v) is 3.28. The van der Waals surface area contributed by atoms with Crippen LogP contribution in [0.5, 0.6) is 0 Å². The van der Waals surface area contributed by atoms with Gasteiger partial charge in [-0.3, -0.25) is 4.79 Å². The van der Waals surface area contributed by atoms with Crippen LogP contribution in [0, 0.1) is 0 Å². The standard InChI is InChI=1S/C14H26N2O4/c1-10(2)16(7-6-12(17)18)13(19)15-8-11(3)20-14(4,5)9-15/h10-11H,6-9H2,1-5H3,(H,17,18). The summed E-state index contributed by atoms with van der Waals surface area (Å²) in [6.07, 6.45) is -0.0519. The summed E-state index contributed by atoms with van der Waals surface area (Å²) in [5, 5.41) is 8.79. The van der Waals surface area contributed by atoms with Crippen molar-refractivity contribution in [2.75, 3.05) is 19.6 Å². The number of ether oxygens (including phenoxy) is 1. The van der Waals surface area contributed by atoms with Crippen molar-refractivity contribution in [3.8, 4) is 0 Å². The molecule has 0 saturated carbocycles. The highest BCUT2D eigenvalue weighted by molar-refractivity contribution is 5.76. The molecule has 6 nitrogen and oxygen atoms in total. The zero-order valence-electron chi connectivity index (χ0n) is 13.0. The summed E-state index contributed by atoms with van der Waals surface area (Å²) in [6.45, 7) is 10.9. The molecule has 1 aliphatic heterocycles. The Morgan fingerprint density at radius 3 is 2.50 bits per heavy atom. The van der Waals surface area contributed by atoms with Crippen LogP contribution in [0.4, 0.5) is 4.79 Å². The minimum atomic E-state index is -0.890. The molecule has 0 aromatic rings. The van der Waals surface area contributed by atoms with E-state index in [4.69, 9.17) is 9.84 Å². The molecule has 6 heteroatoms. The van der Waals surface area contributed by atoms with Gasteiger partial charge in [0.1, 0.15) is 0 Å². The summed E-state index contributed by atoms with van der Waals surface area (Å²) in [7, 11) is 0. The first-order valence-electron chi connectivity index (χ1n) is 7.07. The maximum Gasteiger partial charge on any atom is 0.320 e. The van der Waals surface area contributed by atoms with Gasteiger partial charge in [0.15, 0.2) is 0 Å². The average Bonchev–Trinajstić information content (AvgIpc) is 2.25. The topological polar surface area (TPSA) is 70.1 Å². The van der Waals surface area contributed by atoms with Crippen molar-refractivity contribution in [1.29, 1.82) is 0 Å². The van der Waals surface area contributed by atoms with Crippen LogP contribution in [0.2, 0.25) is 0 Å². The molecule has 0 aliphatic carbocycles. The normalized spacial score (nSPS) is 21.9. The van der Waals surface area contributed by atoms with Crippen LogP contribution in [-0.2, 0) is 9.53 Å². The van der Waals surface area contributed by atoms with Crippen molar-refractivity contribution in [3.05, 3.63) is 0 Å². The molecule has 1 N–H and O–H groups in total. The number of carbonyl (C=O) groups is 2. The zero-order valence-corrected chi connectivity index (χ0v) is 13.0. The number of amides is 2. The number of carboxylic acid groups (broad SMARTS) is 1. The lowest BCUT2D eigenvalue weighted by Gasteiger charge is -2.44. The van der Waals surface area contributed by atoms with E-state index in [1.165, 1.54) is 0 Å². The van der Waals surface area contributed by atoms with Gasteiger partial charge in [-0.2, -0.15) is 0 Å². The van der Waals surface area contributed by atoms with E-state index in [1.807, 2.05) is 34.6 Å². The molecular weight excluding hydrogens is 260 g/mol. The molecular formula is C14H26N2O4. The van der Waals surface area contributed by atoms with Gasteiger partial charge in [0.25, 0.3) is 0 Å². The van der Waals surface area contributed by atoms with Crippen molar-refractivity contribution in [1.82, 2.24) is 9.80 Å². The third kappa shape index (κ3) is 4.67. The smallest absolute Gasteiger partial charge is 0.320 e. The number of nitrogens with zero attached hydrogens (tertiary/aromatic N) is 2. The van der Waals surface area contributed by atoms with E-state index in [-0.39, 0.29) is 36.7 Å². The van der Waals surface area contributed by atoms with Crippen molar-refractivity contribution < 1.29 is 19.4 Å². The van der Waals surface area contributed by atoms with Gasteiger partial charge in [-0.05, 0) is 34.6 Å². The highest BCUT2D eigenvalue weighted by atomic mass is 16.5. The van der Waals surface area contributed by atoms with Gasteiger partial charge in [0.2, 0.25) is 0 Å². The Bertz CT molecular complexity index is 368. The second-order valence-electron chi connectivity index (χ2n) is 6.28. The van der Waals surface area contributed by atoms with Gasteiger partial charge in [-0.15, -0.1) is 0 Å². The van der Waals surface area contributed by atoms with E-state index >= 15 is 0 Å². The molecule has 0 spiro atoms. The zero-order chi connectivity index (χ0) is 15.5. The molecule has 0 aromatic heterocycles. The van der Waals surface area contributed by atoms with E-state index in [2.05, 4.69) is 0 Å². The molecule has 1 aliphatic rings. The maximum absolute atomic E-state index is 12.6. The van der Waals surface area contributed by atoms with Gasteiger partial charge in [0.05, 0.1) is 24.7 Å². The SMILES string of the molecule is CC1CN(C(=O)N(CCC(=O)O)C(C)C)CC(C)(C)O1. The van der Waals surface area contributed by atoms with Gasteiger partial charge < -0.3 is 19.6 Å². The molecule has 0 radical (unpaired) electrons. The van der Waals surface area contributed by atoms with Crippen LogP contribution in [0.25, 0.3) is 0 Å². The number of carboxylic acids is 1. The van der Waals surface area contributed by atoms with Crippen LogP contribution in [0.1, 0.15) is 41.0 Å². The summed E-state index contributed by atoms with van der Waals surface area (Å²) < 4.78 is 5.79. The van der Waals surface area contributed by atoms with E-state index in [1.54, 1.807) is 9.80 Å². The molecule has 0 bridgehead atoms. The first-order chi connectivity index (χ1) is 9.12. The lowest BCUT2D eigenvalue weighted by molar-refractivity contribution is -0.137. The molecule has 1 atom stereocenters. The molecule has 1 saturated heterocycles. The molecule has 2 amide bonds. The lowest BCUT2D eigenvalue weighted by Crippen LogP contribution is -2.58. The quantitative estimate of drug-likeness (QED) is 0.855. The minimum absolute atomic E-state index is 0.0174. The minimum Gasteiger partial charge on any atom is -0.481 e. The number of hydrogen-bond acceptors (Lipinski definition) is 3. The predicted octanol–water partition coefficient (Wildman–Crippen LogP) is 1.79. The highest BCUT2D eigenvalue weighted by Crippen LogP contribution is 2.22. The Balaban J connectivity index is 2.75. The summed E-state index contributed by atoms with van der Waals surface area (Å²) in [6, 6.07) is -0.132. The van der Waals surface area contributed by atoms with Crippen molar-refractivity contribution >= 4 is 12.0 Å². The second kappa shape index (κ2) is 6.43. The van der Waals surface area contributed by atoms with E-state index < -0.39 is 5.97 Å². The van der Waals surface area contributed by atoms with Gasteiger partial charge in [-0.25, -0.2) is 4.79 Å². The Kier molecular flexibility index (Phi) is 5.39. The van der Waals surface area contributed by atoms with Crippen molar-refractivity contribution in [2.24, 2.45) is 0 Å². The average molecular weight is 286 g/mol. The van der Waals surface area contributed by atoms with Crippen LogP contribution < -0.4 is 0 Å². The highest BCUT2D eigenvalue weighted by Gasteiger charge is 2.35. The fraction of sp³-hybridized carbons (Fsp3) is 0.857. The Morgan fingerprint density at radius 2 is 2.05 bits per heavy atom. The lowest BCUT2D eigenvalue weighted by atomic mass is 10.1. The Hall–Kier alpha value is -1.30. The molecule has 1 unspecified atom stereocenters. The Morgan fingerprint density at radius 1 is 1.45 bits per heavy atom. The number of aliphatic carboxylic acids is 1. The van der Waals surface area contributed by atoms with Crippen LogP contribution >= 0.6 is 0 Å². The van der Waals surface area contributed by atoms with E-state index in [0.717, 1.165) is 0 Å². The number of morpholine rings is 1. The van der Waals surface area contributed by atoms with Gasteiger partial charge >= 0.3 is 12.0 Å². The molecule has 1 fully saturated rings. The predicted molar refractivity (Wildman–Crippen MR) is 75.7 cm³/mol. The first kappa shape index (κ1) is 16.8. The number of carbonyl (C=O) groups excluding carboxylic acids is 1. The van der Waals surface area contributed by atoms with Crippen molar-refractivity contribution in [3.63, 3.8) is 0 Å². The fourth-order valence-corrected chi connectivity index (χ4v) is 2.57. The molecule has 0 aromatic carbocycles. The summed E-state index contributed by atoms with van der Waals surface area (Å²) in [4.78, 5) is 26.7. The Labute approximate surface area is 120 Å². The third-order valence-electron chi connectivity index (χ3n) is 3.28. The number of rotatable bonds is 4. The molecule has 1 rings (SSSR count). The van der Waals surface area contributed by atoms with E-state index in [9.17, 15) is 9.59 Å². The maximum atomic E-state index is 12.6. The van der Waals surface area contributed by atoms with Crippen LogP contribution in [-0.4, -0.2) is 64.3 Å². The number of hydrogen-bond donors (Lipinski definition) is 1. The molecule has 116 valence electrons. The molecule has 20 heavy (non-hydrogen) atoms. The summed E-state index contributed by atoms with van der Waals surface area (Å²) in [5.74, 6) is -0.890. The first-order valence-corrected chi connectivity index (χ1v) is 7.07. The van der Waals surface area contributed by atoms with Crippen molar-refractivity contribution in [2.45, 2.75) is 58.8 Å². The van der Waals surface area contributed by atoms with Crippen LogP contribution in [0.15, 0.2) is 0 Å². The van der Waals surface area contributed by atoms with Crippen LogP contribution in [0.3, 0.4) is 0 Å². The van der Waals surface area contributed by atoms with E-state index in [0.29, 0.717) is 13.1 Å². The second-order valence-corrected chi connectivity index (χ2v) is 6.28. The number of urea groups is 1.